The maximum absolute atomic E-state index is 11.3. The maximum Gasteiger partial charge on any atom is 0.257 e. The van der Waals surface area contributed by atoms with Gasteiger partial charge in [0.25, 0.3) is 5.56 Å². The Bertz CT molecular complexity index is 473. The Labute approximate surface area is 69.1 Å². The first-order valence-corrected chi connectivity index (χ1v) is 3.72. The molecule has 2 aromatic heterocycles. The fourth-order valence-corrected chi connectivity index (χ4v) is 1.21. The van der Waals surface area contributed by atoms with E-state index in [0.29, 0.717) is 5.39 Å². The zero-order valence-corrected chi connectivity index (χ0v) is 6.66. The maximum atomic E-state index is 11.3. The van der Waals surface area contributed by atoms with Gasteiger partial charge >= 0.3 is 0 Å². The molecule has 2 heterocycles. The predicted molar refractivity (Wildman–Crippen MR) is 47.1 cm³/mol. The number of H-pyrrole nitrogens is 1. The largest absolute Gasteiger partial charge is 0.326 e. The topological polar surface area (TPSA) is 45.8 Å². The number of nitrogens with zero attached hydrogens (tertiary/aromatic N) is 1. The third-order valence-electron chi connectivity index (χ3n) is 1.75. The molecule has 0 aromatic carbocycles. The molecule has 0 amide bonds. The van der Waals surface area contributed by atoms with Gasteiger partial charge in [0.1, 0.15) is 0 Å². The van der Waals surface area contributed by atoms with Gasteiger partial charge in [0.2, 0.25) is 0 Å². The monoisotopic (exact) mass is 160 g/mol. The van der Waals surface area contributed by atoms with E-state index in [2.05, 4.69) is 9.97 Å². The number of aromatic amines is 1. The molecular formula is C9H8N2O. The highest BCUT2D eigenvalue weighted by atomic mass is 16.1. The number of fused-ring (bicyclic) bond motifs is 1. The van der Waals surface area contributed by atoms with Crippen LogP contribution in [0, 0.1) is 6.92 Å². The van der Waals surface area contributed by atoms with Gasteiger partial charge in [-0.05, 0) is 25.1 Å². The number of hydrogen-bond donors (Lipinski definition) is 1. The van der Waals surface area contributed by atoms with Crippen molar-refractivity contribution in [1.82, 2.24) is 9.97 Å². The summed E-state index contributed by atoms with van der Waals surface area (Å²) in [5.41, 5.74) is 1.52. The van der Waals surface area contributed by atoms with Crippen LogP contribution in [-0.2, 0) is 0 Å². The fourth-order valence-electron chi connectivity index (χ4n) is 1.21. The summed E-state index contributed by atoms with van der Waals surface area (Å²) < 4.78 is 0. The highest BCUT2D eigenvalue weighted by Gasteiger charge is 1.97. The minimum Gasteiger partial charge on any atom is -0.326 e. The second kappa shape index (κ2) is 2.44. The van der Waals surface area contributed by atoms with Crippen molar-refractivity contribution in [3.63, 3.8) is 0 Å². The van der Waals surface area contributed by atoms with Gasteiger partial charge in [0, 0.05) is 11.9 Å². The summed E-state index contributed by atoms with van der Waals surface area (Å²) in [6.07, 6.45) is 1.68. The number of pyridine rings is 2. The Morgan fingerprint density at radius 3 is 3.17 bits per heavy atom. The molecule has 60 valence electrons. The molecule has 0 saturated heterocycles. The van der Waals surface area contributed by atoms with Gasteiger partial charge in [-0.2, -0.15) is 0 Å². The summed E-state index contributed by atoms with van der Waals surface area (Å²) in [6, 6.07) is 5.38. The van der Waals surface area contributed by atoms with Crippen molar-refractivity contribution >= 4 is 10.9 Å². The van der Waals surface area contributed by atoms with E-state index in [0.717, 1.165) is 11.2 Å². The van der Waals surface area contributed by atoms with Gasteiger partial charge in [-0.25, -0.2) is 0 Å². The fraction of sp³-hybridized carbons (Fsp3) is 0.111. The van der Waals surface area contributed by atoms with Crippen LogP contribution in [-0.4, -0.2) is 9.97 Å². The molecule has 0 atom stereocenters. The van der Waals surface area contributed by atoms with Crippen LogP contribution in [0.3, 0.4) is 0 Å². The van der Waals surface area contributed by atoms with Crippen LogP contribution in [0.15, 0.2) is 29.2 Å². The summed E-state index contributed by atoms with van der Waals surface area (Å²) >= 11 is 0. The number of aryl methyl sites for hydroxylation is 1. The molecule has 0 spiro atoms. The highest BCUT2D eigenvalue weighted by molar-refractivity contribution is 5.77. The Balaban J connectivity index is 2.99. The highest BCUT2D eigenvalue weighted by Crippen LogP contribution is 2.04. The zero-order valence-electron chi connectivity index (χ0n) is 6.66. The lowest BCUT2D eigenvalue weighted by atomic mass is 10.2. The van der Waals surface area contributed by atoms with E-state index in [1.54, 1.807) is 18.3 Å². The standard InChI is InChI=1S/C9H8N2O/c1-6-5-8-7(9(12)11-6)3-2-4-10-8/h2-5H,1H3,(H,11,12). The van der Waals surface area contributed by atoms with Gasteiger partial charge in [-0.3, -0.25) is 9.78 Å². The van der Waals surface area contributed by atoms with Gasteiger partial charge in [0.15, 0.2) is 0 Å². The van der Waals surface area contributed by atoms with E-state index < -0.39 is 0 Å². The lowest BCUT2D eigenvalue weighted by Gasteiger charge is -1.96. The summed E-state index contributed by atoms with van der Waals surface area (Å²) in [6.45, 7) is 1.84. The summed E-state index contributed by atoms with van der Waals surface area (Å²) in [5.74, 6) is 0. The van der Waals surface area contributed by atoms with E-state index in [1.165, 1.54) is 0 Å². The number of aromatic nitrogens is 2. The van der Waals surface area contributed by atoms with Crippen LogP contribution in [0.4, 0.5) is 0 Å². The number of rotatable bonds is 0. The van der Waals surface area contributed by atoms with Gasteiger partial charge < -0.3 is 4.98 Å². The molecule has 0 aliphatic heterocycles. The van der Waals surface area contributed by atoms with Crippen molar-refractivity contribution in [3.8, 4) is 0 Å². The van der Waals surface area contributed by atoms with E-state index in [4.69, 9.17) is 0 Å². The van der Waals surface area contributed by atoms with Crippen LogP contribution in [0.2, 0.25) is 0 Å². The zero-order chi connectivity index (χ0) is 8.55. The first-order valence-electron chi connectivity index (χ1n) is 3.72. The van der Waals surface area contributed by atoms with Crippen LogP contribution < -0.4 is 5.56 Å². The van der Waals surface area contributed by atoms with Gasteiger partial charge in [0.05, 0.1) is 10.9 Å². The Morgan fingerprint density at radius 1 is 1.50 bits per heavy atom. The van der Waals surface area contributed by atoms with Crippen molar-refractivity contribution in [2.75, 3.05) is 0 Å². The van der Waals surface area contributed by atoms with Crippen molar-refractivity contribution in [2.24, 2.45) is 0 Å². The Hall–Kier alpha value is -1.64. The molecule has 0 radical (unpaired) electrons. The first kappa shape index (κ1) is 7.03. The van der Waals surface area contributed by atoms with Gasteiger partial charge in [-0.15, -0.1) is 0 Å². The molecule has 2 rings (SSSR count). The molecule has 0 unspecified atom stereocenters. The van der Waals surface area contributed by atoms with E-state index in [9.17, 15) is 4.79 Å². The predicted octanol–water partition coefficient (Wildman–Crippen LogP) is 1.23. The lowest BCUT2D eigenvalue weighted by Crippen LogP contribution is -2.07. The third-order valence-corrected chi connectivity index (χ3v) is 1.75. The van der Waals surface area contributed by atoms with Crippen molar-refractivity contribution in [1.29, 1.82) is 0 Å². The van der Waals surface area contributed by atoms with Crippen LogP contribution in [0.25, 0.3) is 10.9 Å². The molecule has 1 N–H and O–H groups in total. The normalized spacial score (nSPS) is 10.4. The second-order valence-electron chi connectivity index (χ2n) is 2.72. The van der Waals surface area contributed by atoms with Crippen LogP contribution >= 0.6 is 0 Å². The molecule has 0 bridgehead atoms. The van der Waals surface area contributed by atoms with E-state index in [-0.39, 0.29) is 5.56 Å². The summed E-state index contributed by atoms with van der Waals surface area (Å²) in [4.78, 5) is 18.1. The number of hydrogen-bond acceptors (Lipinski definition) is 2. The molecule has 0 aliphatic carbocycles. The molecule has 0 aliphatic rings. The lowest BCUT2D eigenvalue weighted by molar-refractivity contribution is 1.16. The second-order valence-corrected chi connectivity index (χ2v) is 2.72. The minimum absolute atomic E-state index is 0.0712. The summed E-state index contributed by atoms with van der Waals surface area (Å²) in [5, 5.41) is 0.642. The SMILES string of the molecule is Cc1cc2ncccc2c(=O)[nH]1. The molecular weight excluding hydrogens is 152 g/mol. The van der Waals surface area contributed by atoms with Crippen molar-refractivity contribution in [2.45, 2.75) is 6.92 Å². The average Bonchev–Trinajstić information content (AvgIpc) is 2.04. The Kier molecular flexibility index (Phi) is 1.43. The molecule has 12 heavy (non-hydrogen) atoms. The third kappa shape index (κ3) is 0.993. The molecule has 2 aromatic rings. The minimum atomic E-state index is -0.0712. The van der Waals surface area contributed by atoms with Crippen molar-refractivity contribution < 1.29 is 0 Å². The van der Waals surface area contributed by atoms with Gasteiger partial charge in [-0.1, -0.05) is 0 Å². The molecule has 0 saturated carbocycles. The number of nitrogens with one attached hydrogen (secondary N) is 1. The Morgan fingerprint density at radius 2 is 2.33 bits per heavy atom. The summed E-state index contributed by atoms with van der Waals surface area (Å²) in [7, 11) is 0. The molecule has 3 heteroatoms. The quantitative estimate of drug-likeness (QED) is 0.630. The smallest absolute Gasteiger partial charge is 0.257 e. The van der Waals surface area contributed by atoms with E-state index >= 15 is 0 Å². The molecule has 3 nitrogen and oxygen atoms in total. The van der Waals surface area contributed by atoms with E-state index in [1.807, 2.05) is 13.0 Å². The van der Waals surface area contributed by atoms with Crippen molar-refractivity contribution in [3.05, 3.63) is 40.4 Å². The molecule has 0 fully saturated rings. The first-order chi connectivity index (χ1) is 5.77. The van der Waals surface area contributed by atoms with Crippen LogP contribution in [0.5, 0.6) is 0 Å². The average molecular weight is 160 g/mol. The van der Waals surface area contributed by atoms with Crippen LogP contribution in [0.1, 0.15) is 5.69 Å².